The summed E-state index contributed by atoms with van der Waals surface area (Å²) in [4.78, 5) is 23.2. The highest BCUT2D eigenvalue weighted by atomic mass is 16.5. The van der Waals surface area contributed by atoms with Gasteiger partial charge >= 0.3 is 12.0 Å². The Morgan fingerprint density at radius 1 is 1.40 bits per heavy atom. The molecule has 0 heterocycles. The first kappa shape index (κ1) is 14.9. The van der Waals surface area contributed by atoms with Gasteiger partial charge in [-0.25, -0.2) is 4.79 Å². The lowest BCUT2D eigenvalue weighted by atomic mass is 10.1. The summed E-state index contributed by atoms with van der Waals surface area (Å²) in [5.41, 5.74) is 1.46. The van der Waals surface area contributed by atoms with Crippen LogP contribution in [-0.2, 0) is 9.53 Å². The summed E-state index contributed by atoms with van der Waals surface area (Å²) in [6.45, 7) is 0.685. The van der Waals surface area contributed by atoms with Crippen molar-refractivity contribution >= 4 is 12.0 Å². The van der Waals surface area contributed by atoms with Crippen LogP contribution in [0.2, 0.25) is 0 Å². The summed E-state index contributed by atoms with van der Waals surface area (Å²) in [5.74, 6) is -0.225. The van der Waals surface area contributed by atoms with Gasteiger partial charge in [0.05, 0.1) is 13.0 Å². The molecule has 0 aromatic heterocycles. The van der Waals surface area contributed by atoms with E-state index in [-0.39, 0.29) is 24.0 Å². The molecule has 112 valence electrons. The summed E-state index contributed by atoms with van der Waals surface area (Å²) in [6, 6.07) is -0.0380. The normalized spacial score (nSPS) is 25.1. The smallest absolute Gasteiger partial charge is 0.315 e. The largest absolute Gasteiger partial charge is 0.469 e. The average molecular weight is 280 g/mol. The highest BCUT2D eigenvalue weighted by Gasteiger charge is 2.31. The monoisotopic (exact) mass is 280 g/mol. The van der Waals surface area contributed by atoms with Crippen molar-refractivity contribution in [3.8, 4) is 0 Å². The summed E-state index contributed by atoms with van der Waals surface area (Å²) in [6.07, 6.45) is 9.15. The Balaban J connectivity index is 1.61. The zero-order valence-corrected chi connectivity index (χ0v) is 12.1. The van der Waals surface area contributed by atoms with E-state index >= 15 is 0 Å². The molecule has 5 heteroatoms. The Morgan fingerprint density at radius 2 is 2.25 bits per heavy atom. The number of carbonyl (C=O) groups excluding carboxylic acids is 2. The van der Waals surface area contributed by atoms with Crippen LogP contribution in [0.4, 0.5) is 4.79 Å². The number of ether oxygens (including phenoxy) is 1. The van der Waals surface area contributed by atoms with Gasteiger partial charge in [0.1, 0.15) is 0 Å². The van der Waals surface area contributed by atoms with Crippen molar-refractivity contribution in [3.05, 3.63) is 11.6 Å². The number of amides is 2. The fourth-order valence-electron chi connectivity index (χ4n) is 3.03. The summed E-state index contributed by atoms with van der Waals surface area (Å²) >= 11 is 0. The van der Waals surface area contributed by atoms with Crippen LogP contribution in [0.3, 0.4) is 0 Å². The van der Waals surface area contributed by atoms with E-state index < -0.39 is 0 Å². The van der Waals surface area contributed by atoms with E-state index in [9.17, 15) is 9.59 Å². The molecule has 1 saturated carbocycles. The van der Waals surface area contributed by atoms with Crippen molar-refractivity contribution in [3.63, 3.8) is 0 Å². The van der Waals surface area contributed by atoms with E-state index in [0.29, 0.717) is 13.0 Å². The Bertz CT molecular complexity index is 393. The quantitative estimate of drug-likeness (QED) is 0.599. The van der Waals surface area contributed by atoms with Gasteiger partial charge in [-0.15, -0.1) is 0 Å². The molecule has 2 amide bonds. The Labute approximate surface area is 120 Å². The van der Waals surface area contributed by atoms with Gasteiger partial charge in [-0.3, -0.25) is 4.79 Å². The van der Waals surface area contributed by atoms with E-state index in [4.69, 9.17) is 4.74 Å². The fraction of sp³-hybridized carbons (Fsp3) is 0.733. The number of carbonyl (C=O) groups is 2. The number of nitrogens with one attached hydrogen (secondary N) is 2. The van der Waals surface area contributed by atoms with Crippen LogP contribution in [0.1, 0.15) is 44.9 Å². The van der Waals surface area contributed by atoms with Gasteiger partial charge in [0.25, 0.3) is 0 Å². The first-order valence-electron chi connectivity index (χ1n) is 7.49. The topological polar surface area (TPSA) is 67.4 Å². The molecule has 0 radical (unpaired) electrons. The second kappa shape index (κ2) is 7.31. The Morgan fingerprint density at radius 3 is 2.95 bits per heavy atom. The minimum atomic E-state index is -0.164. The van der Waals surface area contributed by atoms with Gasteiger partial charge in [0.15, 0.2) is 0 Å². The molecule has 20 heavy (non-hydrogen) atoms. The Kier molecular flexibility index (Phi) is 5.44. The highest BCUT2D eigenvalue weighted by Crippen LogP contribution is 2.26. The number of allylic oxidation sites excluding steroid dienone is 1. The molecule has 2 aliphatic rings. The molecule has 5 nitrogen and oxygen atoms in total. The lowest BCUT2D eigenvalue weighted by Gasteiger charge is -2.14. The molecular formula is C15H24N2O3. The molecule has 0 saturated heterocycles. The lowest BCUT2D eigenvalue weighted by Crippen LogP contribution is -2.41. The summed E-state index contributed by atoms with van der Waals surface area (Å²) in [5, 5.41) is 5.82. The van der Waals surface area contributed by atoms with E-state index in [1.54, 1.807) is 0 Å². The molecule has 0 unspecified atom stereocenters. The summed E-state index contributed by atoms with van der Waals surface area (Å²) < 4.78 is 4.74. The van der Waals surface area contributed by atoms with Gasteiger partial charge in [0, 0.05) is 12.6 Å². The molecule has 2 aliphatic carbocycles. The zero-order chi connectivity index (χ0) is 14.4. The molecule has 0 aromatic rings. The predicted molar refractivity (Wildman–Crippen MR) is 76.2 cm³/mol. The van der Waals surface area contributed by atoms with E-state index in [2.05, 4.69) is 16.7 Å². The lowest BCUT2D eigenvalue weighted by molar-refractivity contribution is -0.145. The second-order valence-corrected chi connectivity index (χ2v) is 5.63. The van der Waals surface area contributed by atoms with Crippen LogP contribution >= 0.6 is 0 Å². The van der Waals surface area contributed by atoms with Crippen molar-refractivity contribution in [2.24, 2.45) is 5.92 Å². The van der Waals surface area contributed by atoms with E-state index in [0.717, 1.165) is 19.3 Å². The van der Waals surface area contributed by atoms with Crippen LogP contribution < -0.4 is 10.6 Å². The molecule has 2 N–H and O–H groups in total. The van der Waals surface area contributed by atoms with Crippen LogP contribution in [0.25, 0.3) is 0 Å². The van der Waals surface area contributed by atoms with Gasteiger partial charge in [-0.2, -0.15) is 0 Å². The standard InChI is InChI=1S/C15H24N2O3/c1-20-14(18)12-6-7-13(10-12)17-15(19)16-9-8-11-4-2-3-5-11/h4,12-13H,2-3,5-10H2,1H3,(H2,16,17,19)/t12-,13+/m0/s1. The predicted octanol–water partition coefficient (Wildman–Crippen LogP) is 2.13. The van der Waals surface area contributed by atoms with E-state index in [1.165, 1.54) is 31.9 Å². The summed E-state index contributed by atoms with van der Waals surface area (Å²) in [7, 11) is 1.41. The molecule has 0 aromatic carbocycles. The number of rotatable bonds is 5. The molecule has 2 rings (SSSR count). The van der Waals surface area contributed by atoms with Gasteiger partial charge in [-0.05, 0) is 44.9 Å². The minimum absolute atomic E-state index is 0.0612. The van der Waals surface area contributed by atoms with Gasteiger partial charge in [-0.1, -0.05) is 11.6 Å². The van der Waals surface area contributed by atoms with Crippen molar-refractivity contribution in [1.29, 1.82) is 0 Å². The first-order valence-corrected chi connectivity index (χ1v) is 7.49. The number of hydrogen-bond donors (Lipinski definition) is 2. The van der Waals surface area contributed by atoms with Gasteiger partial charge < -0.3 is 15.4 Å². The number of esters is 1. The number of hydrogen-bond acceptors (Lipinski definition) is 3. The van der Waals surface area contributed by atoms with Crippen LogP contribution in [0, 0.1) is 5.92 Å². The molecule has 1 fully saturated rings. The molecule has 2 atom stereocenters. The van der Waals surface area contributed by atoms with Crippen molar-refractivity contribution < 1.29 is 14.3 Å². The minimum Gasteiger partial charge on any atom is -0.469 e. The fourth-order valence-corrected chi connectivity index (χ4v) is 3.03. The van der Waals surface area contributed by atoms with Crippen LogP contribution in [-0.4, -0.2) is 31.7 Å². The van der Waals surface area contributed by atoms with Crippen LogP contribution in [0.15, 0.2) is 11.6 Å². The maximum Gasteiger partial charge on any atom is 0.315 e. The maximum atomic E-state index is 11.8. The first-order chi connectivity index (χ1) is 9.69. The number of methoxy groups -OCH3 is 1. The highest BCUT2D eigenvalue weighted by molar-refractivity contribution is 5.75. The molecule has 0 bridgehead atoms. The van der Waals surface area contributed by atoms with Gasteiger partial charge in [0.2, 0.25) is 0 Å². The third-order valence-electron chi connectivity index (χ3n) is 4.17. The average Bonchev–Trinajstić information content (AvgIpc) is 3.09. The molecular weight excluding hydrogens is 256 g/mol. The van der Waals surface area contributed by atoms with Crippen LogP contribution in [0.5, 0.6) is 0 Å². The second-order valence-electron chi connectivity index (χ2n) is 5.63. The number of urea groups is 1. The van der Waals surface area contributed by atoms with Crippen molar-refractivity contribution in [2.45, 2.75) is 51.0 Å². The third-order valence-corrected chi connectivity index (χ3v) is 4.17. The molecule has 0 spiro atoms. The maximum absolute atomic E-state index is 11.8. The Hall–Kier alpha value is -1.52. The van der Waals surface area contributed by atoms with Crippen molar-refractivity contribution in [2.75, 3.05) is 13.7 Å². The van der Waals surface area contributed by atoms with E-state index in [1.807, 2.05) is 0 Å². The SMILES string of the molecule is COC(=O)[C@H]1CC[C@@H](NC(=O)NCCC2=CCCC2)C1. The zero-order valence-electron chi connectivity index (χ0n) is 12.1. The molecule has 0 aliphatic heterocycles. The third kappa shape index (κ3) is 4.25. The van der Waals surface area contributed by atoms with Crippen molar-refractivity contribution in [1.82, 2.24) is 10.6 Å².